The molecule has 1 rings (SSSR count). The monoisotopic (exact) mass is 174 g/mol. The SMILES string of the molecule is C=CCc1cccc(C=C)c1OC. The van der Waals surface area contributed by atoms with Crippen LogP contribution in [-0.2, 0) is 6.42 Å². The molecule has 0 amide bonds. The maximum atomic E-state index is 5.30. The molecule has 13 heavy (non-hydrogen) atoms. The first-order chi connectivity index (χ1) is 6.33. The number of allylic oxidation sites excluding steroid dienone is 1. The minimum atomic E-state index is 0.824. The molecule has 0 aliphatic rings. The number of para-hydroxylation sites is 1. The van der Waals surface area contributed by atoms with E-state index >= 15 is 0 Å². The van der Waals surface area contributed by atoms with Gasteiger partial charge in [-0.2, -0.15) is 0 Å². The second-order valence-corrected chi connectivity index (χ2v) is 2.74. The number of hydrogen-bond donors (Lipinski definition) is 0. The van der Waals surface area contributed by atoms with Crippen molar-refractivity contribution < 1.29 is 4.74 Å². The lowest BCUT2D eigenvalue weighted by atomic mass is 10.1. The van der Waals surface area contributed by atoms with E-state index < -0.39 is 0 Å². The van der Waals surface area contributed by atoms with Gasteiger partial charge >= 0.3 is 0 Å². The van der Waals surface area contributed by atoms with Gasteiger partial charge in [0.05, 0.1) is 7.11 Å². The lowest BCUT2D eigenvalue weighted by Gasteiger charge is -2.09. The molecule has 68 valence electrons. The fraction of sp³-hybridized carbons (Fsp3) is 0.167. The first-order valence-corrected chi connectivity index (χ1v) is 4.22. The van der Waals surface area contributed by atoms with Gasteiger partial charge in [-0.05, 0) is 12.0 Å². The Morgan fingerprint density at radius 2 is 2.15 bits per heavy atom. The van der Waals surface area contributed by atoms with Crippen LogP contribution in [0.2, 0.25) is 0 Å². The van der Waals surface area contributed by atoms with Crippen LogP contribution >= 0.6 is 0 Å². The number of benzene rings is 1. The third kappa shape index (κ3) is 2.00. The van der Waals surface area contributed by atoms with Gasteiger partial charge in [0.1, 0.15) is 5.75 Å². The smallest absolute Gasteiger partial charge is 0.129 e. The summed E-state index contributed by atoms with van der Waals surface area (Å²) in [5.41, 5.74) is 2.18. The highest BCUT2D eigenvalue weighted by Gasteiger charge is 2.03. The van der Waals surface area contributed by atoms with Gasteiger partial charge in [0.15, 0.2) is 0 Å². The standard InChI is InChI=1S/C12H14O/c1-4-7-11-9-6-8-10(5-2)12(11)13-3/h4-6,8-9H,1-2,7H2,3H3. The van der Waals surface area contributed by atoms with Gasteiger partial charge in [0, 0.05) is 5.56 Å². The van der Waals surface area contributed by atoms with Gasteiger partial charge in [-0.3, -0.25) is 0 Å². The van der Waals surface area contributed by atoms with Crippen molar-refractivity contribution in [1.29, 1.82) is 0 Å². The Labute approximate surface area is 79.4 Å². The van der Waals surface area contributed by atoms with E-state index in [9.17, 15) is 0 Å². The van der Waals surface area contributed by atoms with E-state index in [1.54, 1.807) is 13.2 Å². The lowest BCUT2D eigenvalue weighted by Crippen LogP contribution is -1.93. The third-order valence-corrected chi connectivity index (χ3v) is 1.92. The molecule has 0 saturated heterocycles. The predicted molar refractivity (Wildman–Crippen MR) is 57.0 cm³/mol. The van der Waals surface area contributed by atoms with E-state index in [0.29, 0.717) is 0 Å². The summed E-state index contributed by atoms with van der Waals surface area (Å²) in [5.74, 6) is 0.900. The summed E-state index contributed by atoms with van der Waals surface area (Å²) in [6.45, 7) is 7.44. The fourth-order valence-corrected chi connectivity index (χ4v) is 1.33. The molecule has 1 heteroatoms. The molecule has 0 atom stereocenters. The second kappa shape index (κ2) is 4.51. The van der Waals surface area contributed by atoms with Crippen molar-refractivity contribution in [2.24, 2.45) is 0 Å². The van der Waals surface area contributed by atoms with E-state index in [4.69, 9.17) is 4.74 Å². The molecule has 1 nitrogen and oxygen atoms in total. The average Bonchev–Trinajstić information content (AvgIpc) is 2.18. The molecule has 0 fully saturated rings. The molecule has 0 unspecified atom stereocenters. The largest absolute Gasteiger partial charge is 0.496 e. The molecule has 0 aliphatic heterocycles. The molecule has 0 heterocycles. The van der Waals surface area contributed by atoms with Crippen LogP contribution in [0, 0.1) is 0 Å². The highest BCUT2D eigenvalue weighted by atomic mass is 16.5. The van der Waals surface area contributed by atoms with Crippen LogP contribution in [0.25, 0.3) is 6.08 Å². The van der Waals surface area contributed by atoms with E-state index in [1.165, 1.54) is 0 Å². The zero-order valence-corrected chi connectivity index (χ0v) is 7.92. The normalized spacial score (nSPS) is 9.31. The topological polar surface area (TPSA) is 9.23 Å². The number of methoxy groups -OCH3 is 1. The summed E-state index contributed by atoms with van der Waals surface area (Å²) >= 11 is 0. The highest BCUT2D eigenvalue weighted by Crippen LogP contribution is 2.25. The van der Waals surface area contributed by atoms with E-state index in [0.717, 1.165) is 23.3 Å². The van der Waals surface area contributed by atoms with E-state index in [-0.39, 0.29) is 0 Å². The Morgan fingerprint density at radius 1 is 1.38 bits per heavy atom. The van der Waals surface area contributed by atoms with Gasteiger partial charge in [-0.15, -0.1) is 6.58 Å². The van der Waals surface area contributed by atoms with E-state index in [1.807, 2.05) is 24.3 Å². The van der Waals surface area contributed by atoms with Crippen molar-refractivity contribution in [2.45, 2.75) is 6.42 Å². The van der Waals surface area contributed by atoms with Crippen molar-refractivity contribution in [3.05, 3.63) is 48.6 Å². The van der Waals surface area contributed by atoms with Crippen molar-refractivity contribution in [1.82, 2.24) is 0 Å². The molecular weight excluding hydrogens is 160 g/mol. The van der Waals surface area contributed by atoms with Crippen LogP contribution in [0.1, 0.15) is 11.1 Å². The van der Waals surface area contributed by atoms with Crippen LogP contribution in [0.5, 0.6) is 5.75 Å². The van der Waals surface area contributed by atoms with Gasteiger partial charge in [-0.25, -0.2) is 0 Å². The molecule has 0 saturated carbocycles. The minimum Gasteiger partial charge on any atom is -0.496 e. The van der Waals surface area contributed by atoms with Crippen LogP contribution < -0.4 is 4.74 Å². The quantitative estimate of drug-likeness (QED) is 0.637. The Hall–Kier alpha value is -1.50. The van der Waals surface area contributed by atoms with E-state index in [2.05, 4.69) is 13.2 Å². The summed E-state index contributed by atoms with van der Waals surface area (Å²) in [4.78, 5) is 0. The number of hydrogen-bond acceptors (Lipinski definition) is 1. The molecule has 0 aromatic heterocycles. The molecular formula is C12H14O. The van der Waals surface area contributed by atoms with Crippen LogP contribution in [0.15, 0.2) is 37.4 Å². The Bertz CT molecular complexity index is 313. The average molecular weight is 174 g/mol. The van der Waals surface area contributed by atoms with Crippen molar-refractivity contribution in [2.75, 3.05) is 7.11 Å². The molecule has 0 bridgehead atoms. The predicted octanol–water partition coefficient (Wildman–Crippen LogP) is 3.07. The fourth-order valence-electron chi connectivity index (χ4n) is 1.33. The first kappa shape index (κ1) is 9.59. The first-order valence-electron chi connectivity index (χ1n) is 4.22. The van der Waals surface area contributed by atoms with Gasteiger partial charge in [0.2, 0.25) is 0 Å². The molecule has 0 aliphatic carbocycles. The summed E-state index contributed by atoms with van der Waals surface area (Å²) in [7, 11) is 1.68. The zero-order valence-electron chi connectivity index (χ0n) is 7.92. The Morgan fingerprint density at radius 3 is 2.69 bits per heavy atom. The molecule has 0 N–H and O–H groups in total. The lowest BCUT2D eigenvalue weighted by molar-refractivity contribution is 0.410. The van der Waals surface area contributed by atoms with Gasteiger partial charge in [0.25, 0.3) is 0 Å². The Balaban J connectivity index is 3.17. The highest BCUT2D eigenvalue weighted by molar-refractivity contribution is 5.58. The third-order valence-electron chi connectivity index (χ3n) is 1.92. The molecule has 1 aromatic carbocycles. The molecule has 0 spiro atoms. The number of rotatable bonds is 4. The van der Waals surface area contributed by atoms with Crippen molar-refractivity contribution in [3.63, 3.8) is 0 Å². The summed E-state index contributed by atoms with van der Waals surface area (Å²) < 4.78 is 5.30. The van der Waals surface area contributed by atoms with Gasteiger partial charge < -0.3 is 4.74 Å². The summed E-state index contributed by atoms with van der Waals surface area (Å²) in [6, 6.07) is 6.02. The van der Waals surface area contributed by atoms with Crippen LogP contribution in [0.4, 0.5) is 0 Å². The summed E-state index contributed by atoms with van der Waals surface area (Å²) in [5, 5.41) is 0. The zero-order chi connectivity index (χ0) is 9.68. The second-order valence-electron chi connectivity index (χ2n) is 2.74. The Kier molecular flexibility index (Phi) is 3.32. The molecule has 1 aromatic rings. The molecule has 0 radical (unpaired) electrons. The summed E-state index contributed by atoms with van der Waals surface area (Å²) in [6.07, 6.45) is 4.49. The van der Waals surface area contributed by atoms with Crippen LogP contribution in [-0.4, -0.2) is 7.11 Å². The van der Waals surface area contributed by atoms with Crippen molar-refractivity contribution >= 4 is 6.08 Å². The van der Waals surface area contributed by atoms with Gasteiger partial charge in [-0.1, -0.05) is 36.9 Å². The maximum Gasteiger partial charge on any atom is 0.129 e. The minimum absolute atomic E-state index is 0.824. The van der Waals surface area contributed by atoms with Crippen molar-refractivity contribution in [3.8, 4) is 5.75 Å². The van der Waals surface area contributed by atoms with Crippen LogP contribution in [0.3, 0.4) is 0 Å². The number of ether oxygens (including phenoxy) is 1. The maximum absolute atomic E-state index is 5.30.